The van der Waals surface area contributed by atoms with Crippen LogP contribution in [0.5, 0.6) is 11.5 Å². The second kappa shape index (κ2) is 9.37. The number of amides is 2. The summed E-state index contributed by atoms with van der Waals surface area (Å²) in [5, 5.41) is 3.32. The quantitative estimate of drug-likeness (QED) is 0.739. The first-order valence-corrected chi connectivity index (χ1v) is 9.95. The summed E-state index contributed by atoms with van der Waals surface area (Å²) < 4.78 is 10.8. The number of rotatable bonds is 6. The molecule has 0 aliphatic carbocycles. The van der Waals surface area contributed by atoms with Crippen LogP contribution in [0, 0.1) is 0 Å². The minimum Gasteiger partial charge on any atom is -0.497 e. The van der Waals surface area contributed by atoms with Crippen LogP contribution in [0.1, 0.15) is 34.8 Å². The summed E-state index contributed by atoms with van der Waals surface area (Å²) in [4.78, 5) is 27.0. The van der Waals surface area contributed by atoms with E-state index in [0.717, 1.165) is 18.4 Å². The van der Waals surface area contributed by atoms with Crippen molar-refractivity contribution in [3.63, 3.8) is 0 Å². The Labute approximate surface area is 179 Å². The fraction of sp³-hybridized carbons (Fsp3) is 0.333. The second-order valence-electron chi connectivity index (χ2n) is 6.66. The molecule has 0 aromatic heterocycles. The minimum absolute atomic E-state index is 0.124. The van der Waals surface area contributed by atoms with Crippen LogP contribution in [0.2, 0.25) is 10.0 Å². The van der Waals surface area contributed by atoms with E-state index in [-0.39, 0.29) is 29.1 Å². The molecule has 0 saturated carbocycles. The zero-order valence-electron chi connectivity index (χ0n) is 16.2. The zero-order chi connectivity index (χ0) is 21.0. The van der Waals surface area contributed by atoms with Gasteiger partial charge in [-0.2, -0.15) is 0 Å². The molecule has 2 aromatic rings. The molecule has 0 unspecified atom stereocenters. The van der Waals surface area contributed by atoms with E-state index in [0.29, 0.717) is 23.1 Å². The molecule has 2 amide bonds. The summed E-state index contributed by atoms with van der Waals surface area (Å²) in [6.07, 6.45) is 1.68. The van der Waals surface area contributed by atoms with Gasteiger partial charge in [0.1, 0.15) is 11.5 Å². The van der Waals surface area contributed by atoms with Gasteiger partial charge in [-0.1, -0.05) is 23.2 Å². The number of carbonyl (C=O) groups is 2. The average molecular weight is 437 g/mol. The van der Waals surface area contributed by atoms with Crippen molar-refractivity contribution in [1.82, 2.24) is 10.2 Å². The number of methoxy groups -OCH3 is 2. The smallest absolute Gasteiger partial charge is 0.253 e. The van der Waals surface area contributed by atoms with Crippen molar-refractivity contribution in [2.24, 2.45) is 0 Å². The average Bonchev–Trinajstić information content (AvgIpc) is 3.21. The lowest BCUT2D eigenvalue weighted by molar-refractivity contribution is -0.131. The topological polar surface area (TPSA) is 67.9 Å². The summed E-state index contributed by atoms with van der Waals surface area (Å²) in [6.45, 7) is 0.488. The highest BCUT2D eigenvalue weighted by atomic mass is 35.5. The highest BCUT2D eigenvalue weighted by molar-refractivity contribution is 6.36. The molecule has 29 heavy (non-hydrogen) atoms. The number of hydrogen-bond acceptors (Lipinski definition) is 4. The Morgan fingerprint density at radius 3 is 2.62 bits per heavy atom. The largest absolute Gasteiger partial charge is 0.497 e. The second-order valence-corrected chi connectivity index (χ2v) is 7.50. The van der Waals surface area contributed by atoms with Gasteiger partial charge in [0.05, 0.1) is 37.4 Å². The fourth-order valence-corrected chi connectivity index (χ4v) is 4.01. The third-order valence-electron chi connectivity index (χ3n) is 4.94. The number of nitrogens with one attached hydrogen (secondary N) is 1. The third kappa shape index (κ3) is 4.77. The summed E-state index contributed by atoms with van der Waals surface area (Å²) >= 11 is 11.9. The van der Waals surface area contributed by atoms with E-state index in [1.54, 1.807) is 25.2 Å². The van der Waals surface area contributed by atoms with Gasteiger partial charge in [-0.15, -0.1) is 0 Å². The molecule has 6 nitrogen and oxygen atoms in total. The van der Waals surface area contributed by atoms with E-state index in [4.69, 9.17) is 32.7 Å². The van der Waals surface area contributed by atoms with Crippen molar-refractivity contribution in [1.29, 1.82) is 0 Å². The molecule has 1 saturated heterocycles. The van der Waals surface area contributed by atoms with Crippen LogP contribution in [0.25, 0.3) is 0 Å². The highest BCUT2D eigenvalue weighted by Gasteiger charge is 2.32. The van der Waals surface area contributed by atoms with Crippen LogP contribution >= 0.6 is 23.2 Å². The lowest BCUT2D eigenvalue weighted by Gasteiger charge is -2.27. The molecule has 1 aliphatic heterocycles. The van der Waals surface area contributed by atoms with Crippen LogP contribution < -0.4 is 14.8 Å². The Morgan fingerprint density at radius 2 is 1.93 bits per heavy atom. The van der Waals surface area contributed by atoms with Gasteiger partial charge in [-0.3, -0.25) is 9.59 Å². The molecular weight excluding hydrogens is 415 g/mol. The van der Waals surface area contributed by atoms with Crippen molar-refractivity contribution in [3.8, 4) is 11.5 Å². The summed E-state index contributed by atoms with van der Waals surface area (Å²) in [6, 6.07) is 10.0. The normalized spacial score (nSPS) is 15.9. The predicted octanol–water partition coefficient (Wildman–Crippen LogP) is 4.10. The Hall–Kier alpha value is -2.44. The molecule has 8 heteroatoms. The van der Waals surface area contributed by atoms with E-state index in [2.05, 4.69) is 5.32 Å². The standard InChI is InChI=1S/C21H22Cl2N2O4/c1-28-14-6-8-19(29-2)16(11-14)18-4-3-9-25(18)20(26)12-24-21(27)15-7-5-13(22)10-17(15)23/h5-8,10-11,18H,3-4,9,12H2,1-2H3,(H,24,27)/t18-/m0/s1. The van der Waals surface area contributed by atoms with E-state index in [9.17, 15) is 9.59 Å². The lowest BCUT2D eigenvalue weighted by atomic mass is 10.0. The van der Waals surface area contributed by atoms with Gasteiger partial charge in [-0.05, 0) is 49.2 Å². The fourth-order valence-electron chi connectivity index (χ4n) is 3.51. The summed E-state index contributed by atoms with van der Waals surface area (Å²) in [7, 11) is 3.20. The summed E-state index contributed by atoms with van der Waals surface area (Å²) in [5.41, 5.74) is 1.17. The van der Waals surface area contributed by atoms with Gasteiger partial charge < -0.3 is 19.7 Å². The van der Waals surface area contributed by atoms with Crippen LogP contribution in [0.15, 0.2) is 36.4 Å². The number of carbonyl (C=O) groups excluding carboxylic acids is 2. The van der Waals surface area contributed by atoms with Gasteiger partial charge in [0.15, 0.2) is 0 Å². The SMILES string of the molecule is COc1ccc(OC)c([C@@H]2CCCN2C(=O)CNC(=O)c2ccc(Cl)cc2Cl)c1. The Kier molecular flexibility index (Phi) is 6.87. The Balaban J connectivity index is 1.71. The third-order valence-corrected chi connectivity index (χ3v) is 5.49. The van der Waals surface area contributed by atoms with Gasteiger partial charge in [0.25, 0.3) is 5.91 Å². The number of benzene rings is 2. The van der Waals surface area contributed by atoms with Crippen molar-refractivity contribution in [2.45, 2.75) is 18.9 Å². The first-order chi connectivity index (χ1) is 13.9. The molecule has 154 valence electrons. The maximum absolute atomic E-state index is 12.8. The molecule has 0 bridgehead atoms. The maximum Gasteiger partial charge on any atom is 0.253 e. The van der Waals surface area contributed by atoms with Crippen LogP contribution in [-0.4, -0.2) is 44.0 Å². The molecular formula is C21H22Cl2N2O4. The first-order valence-electron chi connectivity index (χ1n) is 9.19. The van der Waals surface area contributed by atoms with E-state index in [1.165, 1.54) is 12.1 Å². The van der Waals surface area contributed by atoms with Crippen LogP contribution in [-0.2, 0) is 4.79 Å². The molecule has 1 fully saturated rings. The first kappa shape index (κ1) is 21.3. The van der Waals surface area contributed by atoms with Crippen molar-refractivity contribution in [2.75, 3.05) is 27.3 Å². The lowest BCUT2D eigenvalue weighted by Crippen LogP contribution is -2.40. The number of ether oxygens (including phenoxy) is 2. The van der Waals surface area contributed by atoms with Crippen molar-refractivity contribution in [3.05, 3.63) is 57.6 Å². The predicted molar refractivity (Wildman–Crippen MR) is 112 cm³/mol. The molecule has 3 rings (SSSR count). The number of hydrogen-bond donors (Lipinski definition) is 1. The molecule has 1 atom stereocenters. The minimum atomic E-state index is -0.422. The zero-order valence-corrected chi connectivity index (χ0v) is 17.7. The molecule has 0 radical (unpaired) electrons. The number of nitrogens with zero attached hydrogens (tertiary/aromatic N) is 1. The van der Waals surface area contributed by atoms with Gasteiger partial charge in [0.2, 0.25) is 5.91 Å². The Morgan fingerprint density at radius 1 is 1.14 bits per heavy atom. The van der Waals surface area contributed by atoms with Gasteiger partial charge >= 0.3 is 0 Å². The monoisotopic (exact) mass is 436 g/mol. The molecule has 1 N–H and O–H groups in total. The highest BCUT2D eigenvalue weighted by Crippen LogP contribution is 2.38. The summed E-state index contributed by atoms with van der Waals surface area (Å²) in [5.74, 6) is 0.809. The number of halogens is 2. The van der Waals surface area contributed by atoms with Crippen molar-refractivity contribution >= 4 is 35.0 Å². The van der Waals surface area contributed by atoms with Crippen molar-refractivity contribution < 1.29 is 19.1 Å². The van der Waals surface area contributed by atoms with E-state index < -0.39 is 5.91 Å². The van der Waals surface area contributed by atoms with E-state index >= 15 is 0 Å². The molecule has 2 aromatic carbocycles. The van der Waals surface area contributed by atoms with E-state index in [1.807, 2.05) is 18.2 Å². The van der Waals surface area contributed by atoms with Gasteiger partial charge in [0, 0.05) is 17.1 Å². The molecule has 0 spiro atoms. The molecule has 1 heterocycles. The Bertz CT molecular complexity index is 920. The maximum atomic E-state index is 12.8. The van der Waals surface area contributed by atoms with Crippen LogP contribution in [0.3, 0.4) is 0 Å². The molecule has 1 aliphatic rings. The number of likely N-dealkylation sites (tertiary alicyclic amines) is 1. The van der Waals surface area contributed by atoms with Crippen LogP contribution in [0.4, 0.5) is 0 Å². The van der Waals surface area contributed by atoms with Gasteiger partial charge in [-0.25, -0.2) is 0 Å².